The maximum absolute atomic E-state index is 11.9. The van der Waals surface area contributed by atoms with Gasteiger partial charge in [0.15, 0.2) is 0 Å². The lowest BCUT2D eigenvalue weighted by molar-refractivity contribution is 0.150. The Labute approximate surface area is 150 Å². The average molecular weight is 346 g/mol. The standard InChI is InChI=1S/C19H30N4O2/c1-2-25-13-8-20-19(24)21-17-4-3-5-18(14-17)23-11-9-22(10-12-23)15-16-6-7-16/h3-5,14,16H,2,6-13,15H2,1H3,(H2,20,21,24). The van der Waals surface area contributed by atoms with E-state index >= 15 is 0 Å². The van der Waals surface area contributed by atoms with Gasteiger partial charge in [0.1, 0.15) is 0 Å². The van der Waals surface area contributed by atoms with Crippen LogP contribution >= 0.6 is 0 Å². The van der Waals surface area contributed by atoms with Crippen LogP contribution in [0.15, 0.2) is 24.3 Å². The Hall–Kier alpha value is -1.79. The van der Waals surface area contributed by atoms with Gasteiger partial charge in [0, 0.05) is 57.3 Å². The number of rotatable bonds is 8. The van der Waals surface area contributed by atoms with Crippen LogP contribution in [0.3, 0.4) is 0 Å². The Bertz CT molecular complexity index is 554. The van der Waals surface area contributed by atoms with Crippen LogP contribution in [0.2, 0.25) is 0 Å². The Kier molecular flexibility index (Phi) is 6.53. The van der Waals surface area contributed by atoms with Crippen molar-refractivity contribution in [2.45, 2.75) is 19.8 Å². The molecule has 2 amide bonds. The van der Waals surface area contributed by atoms with Crippen LogP contribution in [-0.4, -0.2) is 63.4 Å². The highest BCUT2D eigenvalue weighted by molar-refractivity contribution is 5.89. The molecule has 0 atom stereocenters. The molecule has 3 rings (SSSR count). The number of amides is 2. The second-order valence-corrected chi connectivity index (χ2v) is 6.86. The second-order valence-electron chi connectivity index (χ2n) is 6.86. The minimum Gasteiger partial charge on any atom is -0.380 e. The van der Waals surface area contributed by atoms with E-state index in [1.54, 1.807) is 0 Å². The van der Waals surface area contributed by atoms with Crippen LogP contribution in [0.25, 0.3) is 0 Å². The van der Waals surface area contributed by atoms with Gasteiger partial charge in [-0.3, -0.25) is 4.90 Å². The maximum Gasteiger partial charge on any atom is 0.319 e. The lowest BCUT2D eigenvalue weighted by Crippen LogP contribution is -2.47. The smallest absolute Gasteiger partial charge is 0.319 e. The normalized spacial score (nSPS) is 18.2. The van der Waals surface area contributed by atoms with Crippen molar-refractivity contribution >= 4 is 17.4 Å². The Morgan fingerprint density at radius 1 is 1.24 bits per heavy atom. The molecule has 1 aromatic carbocycles. The number of hydrogen-bond donors (Lipinski definition) is 2. The summed E-state index contributed by atoms with van der Waals surface area (Å²) in [5.74, 6) is 0.959. The van der Waals surface area contributed by atoms with Gasteiger partial charge in [-0.2, -0.15) is 0 Å². The van der Waals surface area contributed by atoms with E-state index in [1.165, 1.54) is 25.1 Å². The van der Waals surface area contributed by atoms with Crippen LogP contribution in [0.5, 0.6) is 0 Å². The molecule has 0 radical (unpaired) electrons. The van der Waals surface area contributed by atoms with Gasteiger partial charge in [0.05, 0.1) is 6.61 Å². The molecule has 2 fully saturated rings. The van der Waals surface area contributed by atoms with E-state index in [-0.39, 0.29) is 6.03 Å². The van der Waals surface area contributed by atoms with Crippen LogP contribution < -0.4 is 15.5 Å². The van der Waals surface area contributed by atoms with Gasteiger partial charge in [-0.25, -0.2) is 4.79 Å². The molecule has 0 aromatic heterocycles. The Balaban J connectivity index is 1.45. The SMILES string of the molecule is CCOCCNC(=O)Nc1cccc(N2CCN(CC3CC3)CC2)c1. The predicted molar refractivity (Wildman–Crippen MR) is 101 cm³/mol. The molecular weight excluding hydrogens is 316 g/mol. The van der Waals surface area contributed by atoms with Crippen LogP contribution in [0, 0.1) is 5.92 Å². The number of piperazine rings is 1. The number of urea groups is 1. The number of carbonyl (C=O) groups is 1. The monoisotopic (exact) mass is 346 g/mol. The van der Waals surface area contributed by atoms with E-state index < -0.39 is 0 Å². The van der Waals surface area contributed by atoms with Crippen molar-refractivity contribution in [2.24, 2.45) is 5.92 Å². The molecule has 1 aliphatic heterocycles. The largest absolute Gasteiger partial charge is 0.380 e. The molecule has 2 aliphatic rings. The molecule has 0 bridgehead atoms. The Morgan fingerprint density at radius 3 is 2.76 bits per heavy atom. The molecule has 1 aliphatic carbocycles. The molecule has 6 heteroatoms. The second kappa shape index (κ2) is 9.06. The van der Waals surface area contributed by atoms with Crippen LogP contribution in [-0.2, 0) is 4.74 Å². The van der Waals surface area contributed by atoms with Crippen molar-refractivity contribution in [3.05, 3.63) is 24.3 Å². The van der Waals surface area contributed by atoms with Crippen LogP contribution in [0.1, 0.15) is 19.8 Å². The van der Waals surface area contributed by atoms with Gasteiger partial charge in [-0.1, -0.05) is 6.07 Å². The van der Waals surface area contributed by atoms with E-state index in [9.17, 15) is 4.79 Å². The van der Waals surface area contributed by atoms with Crippen LogP contribution in [0.4, 0.5) is 16.2 Å². The topological polar surface area (TPSA) is 56.8 Å². The summed E-state index contributed by atoms with van der Waals surface area (Å²) in [7, 11) is 0. The number of nitrogens with zero attached hydrogens (tertiary/aromatic N) is 2. The van der Waals surface area contributed by atoms with Gasteiger partial charge in [-0.05, 0) is 43.9 Å². The maximum atomic E-state index is 11.9. The third-order valence-electron chi connectivity index (χ3n) is 4.79. The van der Waals surface area contributed by atoms with Crippen molar-refractivity contribution in [1.82, 2.24) is 10.2 Å². The summed E-state index contributed by atoms with van der Waals surface area (Å²) in [6, 6.07) is 7.91. The quantitative estimate of drug-likeness (QED) is 0.710. The summed E-state index contributed by atoms with van der Waals surface area (Å²) in [4.78, 5) is 16.9. The van der Waals surface area contributed by atoms with Crippen molar-refractivity contribution in [2.75, 3.05) is 62.7 Å². The molecule has 0 spiro atoms. The van der Waals surface area contributed by atoms with Gasteiger partial charge >= 0.3 is 6.03 Å². The fourth-order valence-electron chi connectivity index (χ4n) is 3.19. The van der Waals surface area contributed by atoms with E-state index in [1.807, 2.05) is 19.1 Å². The molecule has 6 nitrogen and oxygen atoms in total. The van der Waals surface area contributed by atoms with Crippen molar-refractivity contribution < 1.29 is 9.53 Å². The Morgan fingerprint density at radius 2 is 2.04 bits per heavy atom. The summed E-state index contributed by atoms with van der Waals surface area (Å²) < 4.78 is 5.22. The molecule has 0 unspecified atom stereocenters. The fourth-order valence-corrected chi connectivity index (χ4v) is 3.19. The number of anilines is 2. The highest BCUT2D eigenvalue weighted by Crippen LogP contribution is 2.30. The zero-order valence-corrected chi connectivity index (χ0v) is 15.2. The molecule has 138 valence electrons. The zero-order chi connectivity index (χ0) is 17.5. The first kappa shape index (κ1) is 18.0. The predicted octanol–water partition coefficient (Wildman–Crippen LogP) is 2.38. The van der Waals surface area contributed by atoms with Gasteiger partial charge < -0.3 is 20.3 Å². The minimum atomic E-state index is -0.189. The molecular formula is C19H30N4O2. The third kappa shape index (κ3) is 5.90. The van der Waals surface area contributed by atoms with Gasteiger partial charge in [0.25, 0.3) is 0 Å². The number of carbonyl (C=O) groups excluding carboxylic acids is 1. The first-order chi connectivity index (χ1) is 12.2. The number of ether oxygens (including phenoxy) is 1. The molecule has 1 saturated carbocycles. The fraction of sp³-hybridized carbons (Fsp3) is 0.632. The number of hydrogen-bond acceptors (Lipinski definition) is 4. The lowest BCUT2D eigenvalue weighted by atomic mass is 10.2. The van der Waals surface area contributed by atoms with E-state index in [0.717, 1.165) is 37.8 Å². The molecule has 25 heavy (non-hydrogen) atoms. The summed E-state index contributed by atoms with van der Waals surface area (Å²) >= 11 is 0. The summed E-state index contributed by atoms with van der Waals surface area (Å²) in [5.41, 5.74) is 2.00. The summed E-state index contributed by atoms with van der Waals surface area (Å²) in [6.07, 6.45) is 2.83. The number of benzene rings is 1. The van der Waals surface area contributed by atoms with Crippen molar-refractivity contribution in [1.29, 1.82) is 0 Å². The van der Waals surface area contributed by atoms with Gasteiger partial charge in [0.2, 0.25) is 0 Å². The highest BCUT2D eigenvalue weighted by atomic mass is 16.5. The lowest BCUT2D eigenvalue weighted by Gasteiger charge is -2.36. The first-order valence-corrected chi connectivity index (χ1v) is 9.44. The van der Waals surface area contributed by atoms with E-state index in [0.29, 0.717) is 19.8 Å². The summed E-state index contributed by atoms with van der Waals surface area (Å²) in [5, 5.41) is 5.70. The number of nitrogens with one attached hydrogen (secondary N) is 2. The summed E-state index contributed by atoms with van der Waals surface area (Å²) in [6.45, 7) is 9.30. The molecule has 1 heterocycles. The van der Waals surface area contributed by atoms with E-state index in [4.69, 9.17) is 4.74 Å². The molecule has 1 saturated heterocycles. The zero-order valence-electron chi connectivity index (χ0n) is 15.2. The molecule has 2 N–H and O–H groups in total. The van der Waals surface area contributed by atoms with E-state index in [2.05, 4.69) is 32.6 Å². The highest BCUT2D eigenvalue weighted by Gasteiger charge is 2.26. The third-order valence-corrected chi connectivity index (χ3v) is 4.79. The minimum absolute atomic E-state index is 0.189. The van der Waals surface area contributed by atoms with Crippen molar-refractivity contribution in [3.8, 4) is 0 Å². The first-order valence-electron chi connectivity index (χ1n) is 9.44. The van der Waals surface area contributed by atoms with Gasteiger partial charge in [-0.15, -0.1) is 0 Å². The van der Waals surface area contributed by atoms with Crippen molar-refractivity contribution in [3.63, 3.8) is 0 Å². The molecule has 1 aromatic rings. The average Bonchev–Trinajstić information content (AvgIpc) is 3.44.